The van der Waals surface area contributed by atoms with Crippen molar-refractivity contribution in [3.8, 4) is 28.2 Å². The Hall–Kier alpha value is -10.3. The number of fused-ring (bicyclic) bond motifs is 3. The monoisotopic (exact) mass is 1280 g/mol. The molecule has 0 radical (unpaired) electrons. The van der Waals surface area contributed by atoms with Crippen LogP contribution in [0.25, 0.3) is 44.2 Å². The van der Waals surface area contributed by atoms with E-state index in [0.29, 0.717) is 39.0 Å². The van der Waals surface area contributed by atoms with E-state index in [0.717, 1.165) is 39.3 Å². The van der Waals surface area contributed by atoms with Crippen molar-refractivity contribution in [3.63, 3.8) is 0 Å². The number of phenolic OH excluding ortho intramolecular Hbond substituents is 1. The Morgan fingerprint density at radius 3 is 1.78 bits per heavy atom. The highest BCUT2D eigenvalue weighted by Gasteiger charge is 2.34. The summed E-state index contributed by atoms with van der Waals surface area (Å²) in [5.41, 5.74) is 4.32. The van der Waals surface area contributed by atoms with E-state index >= 15 is 0 Å². The van der Waals surface area contributed by atoms with E-state index in [-0.39, 0.29) is 52.6 Å². The van der Waals surface area contributed by atoms with E-state index in [1.807, 2.05) is 117 Å². The number of anilines is 2. The van der Waals surface area contributed by atoms with Gasteiger partial charge in [-0.2, -0.15) is 11.8 Å². The van der Waals surface area contributed by atoms with Crippen molar-refractivity contribution in [2.24, 2.45) is 5.92 Å². The van der Waals surface area contributed by atoms with Crippen LogP contribution in [0.3, 0.4) is 0 Å². The zero-order valence-electron chi connectivity index (χ0n) is 52.6. The van der Waals surface area contributed by atoms with Crippen LogP contribution in [-0.4, -0.2) is 170 Å². The highest BCUT2D eigenvalue weighted by Crippen LogP contribution is 2.42. The predicted molar refractivity (Wildman–Crippen MR) is 350 cm³/mol. The van der Waals surface area contributed by atoms with Gasteiger partial charge in [-0.15, -0.1) is 0 Å². The molecule has 0 unspecified atom stereocenters. The molecule has 0 saturated heterocycles. The summed E-state index contributed by atoms with van der Waals surface area (Å²) < 4.78 is 8.33. The molecule has 10 N–H and O–H groups in total. The van der Waals surface area contributed by atoms with Gasteiger partial charge >= 0.3 is 17.9 Å². The van der Waals surface area contributed by atoms with Gasteiger partial charge in [-0.05, 0) is 102 Å². The fraction of sp³-hybridized carbons (Fsp3) is 0.328. The van der Waals surface area contributed by atoms with Crippen molar-refractivity contribution in [2.75, 3.05) is 63.6 Å². The van der Waals surface area contributed by atoms with E-state index in [9.17, 15) is 68.4 Å². The number of aromatic carboxylic acids is 1. The lowest BCUT2D eigenvalue weighted by atomic mass is 9.89. The first-order valence-corrected chi connectivity index (χ1v) is 30.6. The van der Waals surface area contributed by atoms with Crippen LogP contribution in [0.1, 0.15) is 77.2 Å². The minimum Gasteiger partial charge on any atom is -0.508 e. The minimum atomic E-state index is -1.81. The maximum absolute atomic E-state index is 14.4. The lowest BCUT2D eigenvalue weighted by Crippen LogP contribution is -2.60. The molecule has 25 heteroatoms. The summed E-state index contributed by atoms with van der Waals surface area (Å²) in [6.07, 6.45) is -1.09. The molecule has 1 aliphatic carbocycles. The molecule has 0 fully saturated rings. The van der Waals surface area contributed by atoms with Crippen LogP contribution in [0.4, 0.5) is 11.4 Å². The lowest BCUT2D eigenvalue weighted by Gasteiger charge is -2.27. The molecule has 2 aliphatic rings. The van der Waals surface area contributed by atoms with E-state index < -0.39 is 102 Å². The van der Waals surface area contributed by atoms with Crippen LogP contribution in [0.2, 0.25) is 0 Å². The normalized spacial score (nSPS) is 13.2. The fourth-order valence-electron chi connectivity index (χ4n) is 10.00. The molecule has 1 heterocycles. The molecule has 0 spiro atoms. The number of benzene rings is 6. The molecule has 0 saturated carbocycles. The topological polar surface area (TPSA) is 346 Å². The maximum atomic E-state index is 14.4. The third-order valence-corrected chi connectivity index (χ3v) is 16.4. The Bertz CT molecular complexity index is 4030. The van der Waals surface area contributed by atoms with Crippen molar-refractivity contribution in [2.45, 2.75) is 83.2 Å². The minimum absolute atomic E-state index is 0.0803. The zero-order chi connectivity index (χ0) is 67.4. The van der Waals surface area contributed by atoms with Gasteiger partial charge in [0.2, 0.25) is 34.9 Å². The molecular weight excluding hydrogens is 1200 g/mol. The highest BCUT2D eigenvalue weighted by atomic mass is 32.2. The van der Waals surface area contributed by atoms with E-state index in [2.05, 4.69) is 31.9 Å². The van der Waals surface area contributed by atoms with Gasteiger partial charge in [-0.1, -0.05) is 50.2 Å². The summed E-state index contributed by atoms with van der Waals surface area (Å²) in [4.78, 5) is 138. The van der Waals surface area contributed by atoms with Crippen molar-refractivity contribution in [1.82, 2.24) is 36.5 Å². The summed E-state index contributed by atoms with van der Waals surface area (Å²) >= 11 is 1.11. The second-order valence-corrected chi connectivity index (χ2v) is 24.4. The Morgan fingerprint density at radius 1 is 0.576 bits per heavy atom. The number of nitrogens with zero attached hydrogens (tertiary/aromatic N) is 3. The average molecular weight is 1280 g/mol. The second kappa shape index (κ2) is 30.5. The number of ketones is 1. The number of amides is 6. The molecule has 0 bridgehead atoms. The number of hydrogen-bond acceptors (Lipinski definition) is 15. The average Bonchev–Trinajstić information content (AvgIpc) is 0.747. The van der Waals surface area contributed by atoms with Crippen molar-refractivity contribution in [1.29, 1.82) is 0 Å². The number of phenols is 1. The molecule has 92 heavy (non-hydrogen) atoms. The number of hydrogen-bond donors (Lipinski definition) is 10. The third-order valence-electron chi connectivity index (χ3n) is 15.3. The number of carbonyl (C=O) groups is 10. The van der Waals surface area contributed by atoms with Gasteiger partial charge in [0.1, 0.15) is 67.4 Å². The van der Waals surface area contributed by atoms with Crippen molar-refractivity contribution >= 4 is 104 Å². The molecule has 5 aromatic rings. The van der Waals surface area contributed by atoms with Gasteiger partial charge in [0.05, 0.1) is 18.1 Å². The van der Waals surface area contributed by atoms with E-state index in [4.69, 9.17) is 4.42 Å². The first kappa shape index (κ1) is 69.2. The quantitative estimate of drug-likeness (QED) is 0.0134. The van der Waals surface area contributed by atoms with Crippen LogP contribution in [0.5, 0.6) is 5.75 Å². The summed E-state index contributed by atoms with van der Waals surface area (Å²) in [5.74, 6) is -10.4. The Morgan fingerprint density at radius 2 is 1.16 bits per heavy atom. The molecule has 7 rings (SSSR count). The SMILES string of the molecule is CC(C)[C@H](NC(=O)[C@H](Cc1ccc(O)cc1)NC(=O)c1ccc(-c2c3ccc(=[N+](C)C)cc-3oc3cc(N(C)C)ccc23)c(C(=O)O)c1)C(=O)N[C@@H](C)C(=O)N[C@@H](CC(=O)O)C(=O)N[C@@H](C)C(=O)N[C@@H](CSCCC(=O)c1ccc2cc(N(C)C)ccc2c1)C(=O)O. The van der Waals surface area contributed by atoms with Gasteiger partial charge < -0.3 is 66.5 Å². The van der Waals surface area contributed by atoms with Crippen LogP contribution in [0, 0.1) is 5.92 Å². The number of rotatable bonds is 28. The Kier molecular flexibility index (Phi) is 22.9. The van der Waals surface area contributed by atoms with Crippen LogP contribution >= 0.6 is 11.8 Å². The first-order chi connectivity index (χ1) is 43.5. The zero-order valence-corrected chi connectivity index (χ0v) is 53.4. The Labute approximate surface area is 534 Å². The molecule has 5 aromatic carbocycles. The maximum Gasteiger partial charge on any atom is 0.336 e. The van der Waals surface area contributed by atoms with E-state index in [1.54, 1.807) is 26.0 Å². The van der Waals surface area contributed by atoms with Gasteiger partial charge in [0.25, 0.3) is 5.91 Å². The number of carbonyl (C=O) groups excluding carboxylic acids is 7. The smallest absolute Gasteiger partial charge is 0.336 e. The molecular formula is C67H76N9O15S+. The number of nitrogens with one attached hydrogen (secondary N) is 6. The van der Waals surface area contributed by atoms with Crippen molar-refractivity contribution in [3.05, 3.63) is 143 Å². The van der Waals surface area contributed by atoms with Gasteiger partial charge in [-0.3, -0.25) is 38.4 Å². The largest absolute Gasteiger partial charge is 0.508 e. The summed E-state index contributed by atoms with van der Waals surface area (Å²) in [6, 6.07) is 23.2. The summed E-state index contributed by atoms with van der Waals surface area (Å²) in [6.45, 7) is 5.62. The number of Topliss-reactive ketones (excluding diaryl/α,β-unsaturated/α-hetero) is 1. The highest BCUT2D eigenvalue weighted by molar-refractivity contribution is 7.99. The van der Waals surface area contributed by atoms with Crippen LogP contribution in [0.15, 0.2) is 120 Å². The fourth-order valence-corrected chi connectivity index (χ4v) is 11.0. The molecule has 484 valence electrons. The second-order valence-electron chi connectivity index (χ2n) is 23.2. The van der Waals surface area contributed by atoms with Gasteiger partial charge in [0, 0.05) is 104 Å². The molecule has 6 atom stereocenters. The van der Waals surface area contributed by atoms with Crippen LogP contribution < -0.4 is 51.6 Å². The number of aliphatic carboxylic acids is 2. The van der Waals surface area contributed by atoms with Crippen molar-refractivity contribution < 1.29 is 72.8 Å². The summed E-state index contributed by atoms with van der Waals surface area (Å²) in [5, 5.41) is 58.5. The standard InChI is InChI=1S/C67H75N9O15S/c1-35(2)59(65(86)69-37(4)60(81)70-52(33-57(79)80)63(84)68-36(3)61(82)72-53(67(89)90)34-92-26-25-54(78)41-14-13-40-29-43(74(5)6)17-15-39(40)28-41)73-64(85)51(27-38-11-20-46(77)21-12-38)71-62(83)42-16-22-47(50(30-42)66(87)88)58-48-23-18-44(75(7)8)31-55(48)91-56-32-45(76(9)10)19-24-49(56)58/h11-24,28-32,35-37,51-53,59H,25-27,33-34H2,1-10H3,(H9-,68,69,70,71,72,73,77,79,80,81,82,83,84,85,86,87,88,89,90)/p+1/t36-,37-,51-,52-,53-,59-/m0/s1. The van der Waals surface area contributed by atoms with Gasteiger partial charge in [0.15, 0.2) is 5.78 Å². The molecule has 0 aromatic heterocycles. The van der Waals surface area contributed by atoms with Gasteiger partial charge in [-0.25, -0.2) is 14.2 Å². The number of carboxylic acids is 3. The van der Waals surface area contributed by atoms with E-state index in [1.165, 1.54) is 56.3 Å². The van der Waals surface area contributed by atoms with Crippen LogP contribution in [-0.2, 0) is 40.0 Å². The number of aromatic hydroxyl groups is 1. The first-order valence-electron chi connectivity index (χ1n) is 29.4. The number of carboxylic acid groups (broad SMARTS) is 3. The molecule has 1 aliphatic heterocycles. The predicted octanol–water partition coefficient (Wildman–Crippen LogP) is 4.95. The Balaban J connectivity index is 0.995. The molecule has 24 nitrogen and oxygen atoms in total. The number of thioether (sulfide) groups is 1. The third kappa shape index (κ3) is 17.6. The molecule has 6 amide bonds. The lowest BCUT2D eigenvalue weighted by molar-refractivity contribution is -0.142. The summed E-state index contributed by atoms with van der Waals surface area (Å²) in [7, 11) is 11.4.